The van der Waals surface area contributed by atoms with Crippen LogP contribution in [0.5, 0.6) is 5.75 Å². The second-order valence-corrected chi connectivity index (χ2v) is 11.2. The zero-order valence-corrected chi connectivity index (χ0v) is 25.2. The quantitative estimate of drug-likeness (QED) is 0.159. The normalized spacial score (nSPS) is 11.5. The van der Waals surface area contributed by atoms with Crippen molar-refractivity contribution in [1.29, 1.82) is 0 Å². The van der Waals surface area contributed by atoms with E-state index >= 15 is 0 Å². The van der Waals surface area contributed by atoms with Gasteiger partial charge in [-0.15, -0.1) is 0 Å². The molecule has 6 rings (SSSR count). The summed E-state index contributed by atoms with van der Waals surface area (Å²) in [6.07, 6.45) is 6.54. The minimum Gasteiger partial charge on any atom is -0.492 e. The standard InChI is InChI=1S/C34H34FN7O2/c1-5-6-32(43)38-25-10-20(2)9-21(12-25)23-14-28-33(40-41-34(28)37-17-23)30-16-27-29(18-36-19-31(27)39-30)22-11-24(35)15-26(13-22)44-8-7-42(3)4/h9-19,39H,5-8H2,1-4H3,(H,38,43)(H,37,40,41). The minimum atomic E-state index is -0.378. The Hall–Kier alpha value is -5.09. The van der Waals surface area contributed by atoms with Gasteiger partial charge in [-0.3, -0.25) is 14.9 Å². The van der Waals surface area contributed by atoms with Crippen molar-refractivity contribution in [2.45, 2.75) is 26.7 Å². The van der Waals surface area contributed by atoms with Gasteiger partial charge in [0.15, 0.2) is 5.65 Å². The van der Waals surface area contributed by atoms with Gasteiger partial charge < -0.3 is 19.9 Å². The second-order valence-electron chi connectivity index (χ2n) is 11.2. The van der Waals surface area contributed by atoms with E-state index in [1.807, 2.05) is 63.2 Å². The summed E-state index contributed by atoms with van der Waals surface area (Å²) in [7, 11) is 3.93. The molecule has 0 unspecified atom stereocenters. The number of nitrogens with zero attached hydrogens (tertiary/aromatic N) is 4. The number of H-pyrrole nitrogens is 2. The largest absolute Gasteiger partial charge is 0.492 e. The van der Waals surface area contributed by atoms with Gasteiger partial charge in [0, 0.05) is 59.0 Å². The van der Waals surface area contributed by atoms with Crippen LogP contribution in [0.3, 0.4) is 0 Å². The summed E-state index contributed by atoms with van der Waals surface area (Å²) in [4.78, 5) is 26.7. The van der Waals surface area contributed by atoms with Gasteiger partial charge in [0.1, 0.15) is 23.9 Å². The van der Waals surface area contributed by atoms with Gasteiger partial charge in [0.2, 0.25) is 5.91 Å². The molecule has 44 heavy (non-hydrogen) atoms. The highest BCUT2D eigenvalue weighted by molar-refractivity contribution is 6.01. The summed E-state index contributed by atoms with van der Waals surface area (Å²) in [6.45, 7) is 5.16. The number of likely N-dealkylation sites (N-methyl/N-ethyl adjacent to an activating group) is 1. The molecule has 10 heteroatoms. The zero-order valence-electron chi connectivity index (χ0n) is 25.2. The molecule has 0 aliphatic heterocycles. The number of carbonyl (C=O) groups excluding carboxylic acids is 1. The van der Waals surface area contributed by atoms with E-state index in [1.54, 1.807) is 18.6 Å². The summed E-state index contributed by atoms with van der Waals surface area (Å²) in [5, 5.41) is 12.3. The fourth-order valence-electron chi connectivity index (χ4n) is 5.30. The van der Waals surface area contributed by atoms with Gasteiger partial charge in [0.25, 0.3) is 0 Å². The highest BCUT2D eigenvalue weighted by atomic mass is 19.1. The fourth-order valence-corrected chi connectivity index (χ4v) is 5.30. The number of ether oxygens (including phenoxy) is 1. The lowest BCUT2D eigenvalue weighted by Gasteiger charge is -2.12. The number of halogens is 1. The lowest BCUT2D eigenvalue weighted by molar-refractivity contribution is -0.116. The molecule has 6 aromatic rings. The number of benzene rings is 2. The molecule has 1 amide bonds. The first-order chi connectivity index (χ1) is 21.3. The second kappa shape index (κ2) is 12.3. The van der Waals surface area contributed by atoms with Crippen LogP contribution in [-0.2, 0) is 4.79 Å². The summed E-state index contributed by atoms with van der Waals surface area (Å²) < 4.78 is 20.5. The van der Waals surface area contributed by atoms with Crippen LogP contribution in [0.1, 0.15) is 25.3 Å². The molecule has 3 N–H and O–H groups in total. The molecule has 0 radical (unpaired) electrons. The van der Waals surface area contributed by atoms with E-state index in [0.717, 1.165) is 62.9 Å². The Morgan fingerprint density at radius 2 is 1.84 bits per heavy atom. The molecule has 0 aliphatic carbocycles. The van der Waals surface area contributed by atoms with Crippen molar-refractivity contribution in [3.8, 4) is 39.4 Å². The molecule has 4 heterocycles. The number of aromatic nitrogens is 5. The number of carbonyl (C=O) groups is 1. The molecule has 4 aromatic heterocycles. The van der Waals surface area contributed by atoms with Crippen LogP contribution < -0.4 is 10.1 Å². The Morgan fingerprint density at radius 3 is 2.66 bits per heavy atom. The number of nitrogens with one attached hydrogen (secondary N) is 3. The van der Waals surface area contributed by atoms with Crippen molar-refractivity contribution in [3.63, 3.8) is 0 Å². The number of fused-ring (bicyclic) bond motifs is 2. The smallest absolute Gasteiger partial charge is 0.224 e. The topological polar surface area (TPSA) is 112 Å². The van der Waals surface area contributed by atoms with Gasteiger partial charge in [-0.25, -0.2) is 9.37 Å². The molecule has 0 bridgehead atoms. The average Bonchev–Trinajstić information content (AvgIpc) is 3.60. The molecule has 0 atom stereocenters. The molecule has 0 fully saturated rings. The predicted molar refractivity (Wildman–Crippen MR) is 172 cm³/mol. The van der Waals surface area contributed by atoms with Crippen molar-refractivity contribution in [2.24, 2.45) is 0 Å². The van der Waals surface area contributed by atoms with E-state index in [4.69, 9.17) is 4.74 Å². The van der Waals surface area contributed by atoms with Crippen LogP contribution in [0.15, 0.2) is 67.1 Å². The maximum Gasteiger partial charge on any atom is 0.224 e. The fraction of sp³-hybridized carbons (Fsp3) is 0.235. The SMILES string of the molecule is CCCC(=O)Nc1cc(C)cc(-c2cnc3[nH]nc(-c4cc5c(-c6cc(F)cc(OCCN(C)C)c6)cncc5[nH]4)c3c2)c1. The monoisotopic (exact) mass is 591 g/mol. The van der Waals surface area contributed by atoms with Crippen molar-refractivity contribution in [3.05, 3.63) is 78.5 Å². The third kappa shape index (κ3) is 6.16. The van der Waals surface area contributed by atoms with E-state index < -0.39 is 0 Å². The van der Waals surface area contributed by atoms with Gasteiger partial charge in [-0.05, 0) is 80.5 Å². The van der Waals surface area contributed by atoms with Crippen LogP contribution in [-0.4, -0.2) is 63.2 Å². The lowest BCUT2D eigenvalue weighted by atomic mass is 10.0. The maximum atomic E-state index is 14.7. The molecule has 2 aromatic carbocycles. The highest BCUT2D eigenvalue weighted by Gasteiger charge is 2.17. The molecule has 9 nitrogen and oxygen atoms in total. The van der Waals surface area contributed by atoms with Crippen molar-refractivity contribution in [1.82, 2.24) is 30.0 Å². The van der Waals surface area contributed by atoms with E-state index in [0.29, 0.717) is 35.7 Å². The Kier molecular flexibility index (Phi) is 8.08. The van der Waals surface area contributed by atoms with Gasteiger partial charge >= 0.3 is 0 Å². The first-order valence-corrected chi connectivity index (χ1v) is 14.6. The Labute approximate surface area is 254 Å². The number of aryl methyl sites for hydroxylation is 1. The van der Waals surface area contributed by atoms with Crippen LogP contribution >= 0.6 is 0 Å². The van der Waals surface area contributed by atoms with Gasteiger partial charge in [0.05, 0.1) is 17.4 Å². The first kappa shape index (κ1) is 29.0. The maximum absolute atomic E-state index is 14.7. The summed E-state index contributed by atoms with van der Waals surface area (Å²) in [5.74, 6) is 0.0840. The predicted octanol–water partition coefficient (Wildman–Crippen LogP) is 6.96. The van der Waals surface area contributed by atoms with Crippen LogP contribution in [0.4, 0.5) is 10.1 Å². The first-order valence-electron chi connectivity index (χ1n) is 14.6. The van der Waals surface area contributed by atoms with E-state index in [-0.39, 0.29) is 11.7 Å². The van der Waals surface area contributed by atoms with Gasteiger partial charge in [-0.2, -0.15) is 5.10 Å². The molecule has 0 saturated carbocycles. The molecule has 224 valence electrons. The van der Waals surface area contributed by atoms with Crippen molar-refractivity contribution < 1.29 is 13.9 Å². The van der Waals surface area contributed by atoms with Crippen LogP contribution in [0.2, 0.25) is 0 Å². The van der Waals surface area contributed by atoms with E-state index in [2.05, 4.69) is 36.5 Å². The van der Waals surface area contributed by atoms with Crippen molar-refractivity contribution in [2.75, 3.05) is 32.6 Å². The molecular formula is C34H34FN7O2. The zero-order chi connectivity index (χ0) is 30.8. The lowest BCUT2D eigenvalue weighted by Crippen LogP contribution is -2.19. The van der Waals surface area contributed by atoms with Crippen LogP contribution in [0, 0.1) is 12.7 Å². The molecule has 0 saturated heterocycles. The highest BCUT2D eigenvalue weighted by Crippen LogP contribution is 2.36. The molecular weight excluding hydrogens is 557 g/mol. The number of hydrogen-bond donors (Lipinski definition) is 3. The minimum absolute atomic E-state index is 0.00580. The summed E-state index contributed by atoms with van der Waals surface area (Å²) >= 11 is 0. The third-order valence-electron chi connectivity index (χ3n) is 7.38. The molecule has 0 aliphatic rings. The average molecular weight is 592 g/mol. The molecule has 0 spiro atoms. The summed E-state index contributed by atoms with van der Waals surface area (Å²) in [6, 6.07) is 14.7. The van der Waals surface area contributed by atoms with Crippen molar-refractivity contribution >= 4 is 33.5 Å². The van der Waals surface area contributed by atoms with E-state index in [1.165, 1.54) is 12.1 Å². The number of rotatable bonds is 10. The number of hydrogen-bond acceptors (Lipinski definition) is 6. The number of anilines is 1. The van der Waals surface area contributed by atoms with E-state index in [9.17, 15) is 9.18 Å². The number of aromatic amines is 2. The number of pyridine rings is 2. The third-order valence-corrected chi connectivity index (χ3v) is 7.38. The van der Waals surface area contributed by atoms with Crippen LogP contribution in [0.25, 0.3) is 55.6 Å². The Balaban J connectivity index is 1.36. The Bertz CT molecular complexity index is 1980. The van der Waals surface area contributed by atoms with Gasteiger partial charge in [-0.1, -0.05) is 13.0 Å². The summed E-state index contributed by atoms with van der Waals surface area (Å²) in [5.41, 5.74) is 7.99. The Morgan fingerprint density at radius 1 is 0.977 bits per heavy atom. The number of amides is 1.